The van der Waals surface area contributed by atoms with E-state index < -0.39 is 5.41 Å². The number of anilines is 1. The van der Waals surface area contributed by atoms with E-state index in [-0.39, 0.29) is 12.1 Å². The van der Waals surface area contributed by atoms with Crippen molar-refractivity contribution in [1.29, 1.82) is 0 Å². The molecule has 282 valence electrons. The van der Waals surface area contributed by atoms with Crippen molar-refractivity contribution in [3.63, 3.8) is 0 Å². The van der Waals surface area contributed by atoms with Crippen LogP contribution in [0.15, 0.2) is 211 Å². The maximum atomic E-state index is 5.42. The van der Waals surface area contributed by atoms with E-state index in [1.54, 1.807) is 0 Å². The molecule has 0 fully saturated rings. The molecule has 2 nitrogen and oxygen atoms in total. The maximum Gasteiger partial charge on any atom is 0.145 e. The van der Waals surface area contributed by atoms with Gasteiger partial charge in [-0.15, -0.1) is 11.3 Å². The van der Waals surface area contributed by atoms with E-state index in [1.807, 2.05) is 11.3 Å². The van der Waals surface area contributed by atoms with E-state index >= 15 is 0 Å². The molecule has 8 aromatic carbocycles. The molecule has 0 amide bonds. The molecule has 0 saturated carbocycles. The SMILES string of the molecule is C1=CC(c2ccc3c(c2)C2(c4ccccc4-c4ccccc42)c2cc4ccccc4c(-c4ccccc4)c2-3)CC=C1C1N=C(c2ccccc2)c2sc3ccccc3c2N1. The molecule has 0 bridgehead atoms. The number of allylic oxidation sites excluding steroid dienone is 2. The van der Waals surface area contributed by atoms with Gasteiger partial charge in [-0.3, -0.25) is 4.99 Å². The summed E-state index contributed by atoms with van der Waals surface area (Å²) in [5.41, 5.74) is 18.9. The highest BCUT2D eigenvalue weighted by Gasteiger charge is 2.52. The van der Waals surface area contributed by atoms with E-state index in [4.69, 9.17) is 4.99 Å². The van der Waals surface area contributed by atoms with Gasteiger partial charge in [-0.2, -0.15) is 0 Å². The number of hydrogen-bond donors (Lipinski definition) is 1. The fourth-order valence-electron chi connectivity index (χ4n) is 10.9. The molecule has 13 rings (SSSR count). The molecule has 1 aromatic heterocycles. The van der Waals surface area contributed by atoms with Gasteiger partial charge in [0.1, 0.15) is 6.17 Å². The normalized spacial score (nSPS) is 17.7. The number of benzene rings is 8. The van der Waals surface area contributed by atoms with Crippen molar-refractivity contribution in [2.45, 2.75) is 23.9 Å². The third kappa shape index (κ3) is 4.72. The molecule has 9 aromatic rings. The summed E-state index contributed by atoms with van der Waals surface area (Å²) in [7, 11) is 0. The first kappa shape index (κ1) is 33.9. The Morgan fingerprint density at radius 3 is 1.97 bits per heavy atom. The largest absolute Gasteiger partial charge is 0.358 e. The fourth-order valence-corrected chi connectivity index (χ4v) is 12.1. The second-order valence-electron chi connectivity index (χ2n) is 16.5. The first-order valence-corrected chi connectivity index (χ1v) is 21.8. The lowest BCUT2D eigenvalue weighted by atomic mass is 9.69. The van der Waals surface area contributed by atoms with Gasteiger partial charge in [-0.05, 0) is 96.1 Å². The summed E-state index contributed by atoms with van der Waals surface area (Å²) in [5.74, 6) is 0.234. The number of nitrogens with zero attached hydrogens (tertiary/aromatic N) is 1. The van der Waals surface area contributed by atoms with E-state index in [2.05, 4.69) is 206 Å². The van der Waals surface area contributed by atoms with Crippen molar-refractivity contribution in [2.24, 2.45) is 4.99 Å². The molecular formula is C57H38N2S. The topological polar surface area (TPSA) is 24.4 Å². The average Bonchev–Trinajstić information content (AvgIpc) is 3.95. The molecule has 3 aliphatic carbocycles. The highest BCUT2D eigenvalue weighted by Crippen LogP contribution is 2.65. The molecule has 3 heteroatoms. The number of nitrogens with one attached hydrogen (secondary N) is 1. The van der Waals surface area contributed by atoms with Crippen molar-refractivity contribution in [3.8, 4) is 33.4 Å². The zero-order chi connectivity index (χ0) is 39.4. The van der Waals surface area contributed by atoms with Gasteiger partial charge in [-0.25, -0.2) is 0 Å². The fraction of sp³-hybridized carbons (Fsp3) is 0.0702. The van der Waals surface area contributed by atoms with Crippen LogP contribution in [0.25, 0.3) is 54.2 Å². The first-order valence-electron chi connectivity index (χ1n) is 21.0. The lowest BCUT2D eigenvalue weighted by molar-refractivity contribution is 0.779. The van der Waals surface area contributed by atoms with E-state index in [1.165, 1.54) is 98.2 Å². The van der Waals surface area contributed by atoms with Crippen LogP contribution in [-0.2, 0) is 5.41 Å². The van der Waals surface area contributed by atoms with Crippen molar-refractivity contribution in [3.05, 3.63) is 244 Å². The smallest absolute Gasteiger partial charge is 0.145 e. The van der Waals surface area contributed by atoms with Crippen LogP contribution in [-0.4, -0.2) is 11.9 Å². The maximum absolute atomic E-state index is 5.42. The summed E-state index contributed by atoms with van der Waals surface area (Å²) >= 11 is 1.82. The van der Waals surface area contributed by atoms with Gasteiger partial charge in [0.25, 0.3) is 0 Å². The molecular weight excluding hydrogens is 745 g/mol. The van der Waals surface area contributed by atoms with Crippen LogP contribution in [0, 0.1) is 0 Å². The number of hydrogen-bond acceptors (Lipinski definition) is 3. The van der Waals surface area contributed by atoms with Crippen LogP contribution in [0.4, 0.5) is 5.69 Å². The third-order valence-corrected chi connectivity index (χ3v) is 14.6. The van der Waals surface area contributed by atoms with Gasteiger partial charge in [0.15, 0.2) is 0 Å². The summed E-state index contributed by atoms with van der Waals surface area (Å²) < 4.78 is 1.28. The van der Waals surface area contributed by atoms with Crippen molar-refractivity contribution < 1.29 is 0 Å². The average molecular weight is 783 g/mol. The predicted octanol–water partition coefficient (Wildman–Crippen LogP) is 14.3. The minimum atomic E-state index is -0.448. The van der Waals surface area contributed by atoms with E-state index in [0.29, 0.717) is 0 Å². The lowest BCUT2D eigenvalue weighted by Crippen LogP contribution is -2.27. The van der Waals surface area contributed by atoms with Gasteiger partial charge in [0.2, 0.25) is 0 Å². The standard InChI is InChI=1S/C57H38N2S/c1-3-15-36(16-4-1)51-41-20-8-7-19-40(41)34-49-52(51)44-32-31-39(33-48(44)57(49)46-24-12-9-21-42(46)43-22-10-13-25-47(43)57)35-27-29-38(30-28-35)56-58-53(37-17-5-2-6-18-37)55-54(59-56)45-23-11-14-26-50(45)60-55/h1-27,29-35,56,59H,28H2. The molecule has 1 aliphatic heterocycles. The molecule has 1 spiro atoms. The predicted molar refractivity (Wildman–Crippen MR) is 252 cm³/mol. The highest BCUT2D eigenvalue weighted by molar-refractivity contribution is 7.22. The Kier molecular flexibility index (Phi) is 7.32. The Hall–Kier alpha value is -7.07. The van der Waals surface area contributed by atoms with Crippen LogP contribution in [0.3, 0.4) is 0 Å². The molecule has 2 unspecified atom stereocenters. The Morgan fingerprint density at radius 2 is 1.22 bits per heavy atom. The van der Waals surface area contributed by atoms with Crippen LogP contribution in [0.1, 0.15) is 50.6 Å². The van der Waals surface area contributed by atoms with E-state index in [9.17, 15) is 0 Å². The second-order valence-corrected chi connectivity index (χ2v) is 17.6. The van der Waals surface area contributed by atoms with Crippen LogP contribution in [0.2, 0.25) is 0 Å². The molecule has 60 heavy (non-hydrogen) atoms. The summed E-state index contributed by atoms with van der Waals surface area (Å²) in [5, 5.41) is 7.70. The van der Waals surface area contributed by atoms with Gasteiger partial charge >= 0.3 is 0 Å². The highest BCUT2D eigenvalue weighted by atomic mass is 32.1. The molecule has 2 heterocycles. The molecule has 1 N–H and O–H groups in total. The van der Waals surface area contributed by atoms with Gasteiger partial charge in [0, 0.05) is 21.6 Å². The van der Waals surface area contributed by atoms with Gasteiger partial charge < -0.3 is 5.32 Å². The third-order valence-electron chi connectivity index (χ3n) is 13.5. The lowest BCUT2D eigenvalue weighted by Gasteiger charge is -2.31. The number of thiophene rings is 1. The number of fused-ring (bicyclic) bond motifs is 14. The zero-order valence-electron chi connectivity index (χ0n) is 32.8. The van der Waals surface area contributed by atoms with Crippen molar-refractivity contribution in [2.75, 3.05) is 5.32 Å². The van der Waals surface area contributed by atoms with Gasteiger partial charge in [0.05, 0.1) is 21.7 Å². The molecule has 0 radical (unpaired) electrons. The van der Waals surface area contributed by atoms with Crippen LogP contribution >= 0.6 is 11.3 Å². The summed E-state index contributed by atoms with van der Waals surface area (Å²) in [4.78, 5) is 6.64. The Morgan fingerprint density at radius 1 is 0.550 bits per heavy atom. The van der Waals surface area contributed by atoms with Gasteiger partial charge in [-0.1, -0.05) is 188 Å². The van der Waals surface area contributed by atoms with Crippen LogP contribution < -0.4 is 5.32 Å². The minimum absolute atomic E-state index is 0.169. The summed E-state index contributed by atoms with van der Waals surface area (Å²) in [6, 6.07) is 67.6. The second kappa shape index (κ2) is 13.0. The van der Waals surface area contributed by atoms with Crippen molar-refractivity contribution >= 4 is 43.6 Å². The molecule has 2 atom stereocenters. The minimum Gasteiger partial charge on any atom is -0.358 e. The van der Waals surface area contributed by atoms with E-state index in [0.717, 1.165) is 17.7 Å². The number of aliphatic imine (C=N–C) groups is 1. The first-order chi connectivity index (χ1) is 29.8. The Balaban J connectivity index is 0.959. The quantitative estimate of drug-likeness (QED) is 0.189. The Labute approximate surface area is 353 Å². The van der Waals surface area contributed by atoms with Crippen molar-refractivity contribution in [1.82, 2.24) is 0 Å². The number of rotatable bonds is 4. The molecule has 4 aliphatic rings. The zero-order valence-corrected chi connectivity index (χ0v) is 33.6. The summed E-state index contributed by atoms with van der Waals surface area (Å²) in [6.45, 7) is 0. The Bertz CT molecular complexity index is 3290. The molecule has 0 saturated heterocycles. The summed E-state index contributed by atoms with van der Waals surface area (Å²) in [6.07, 6.45) is 7.91. The van der Waals surface area contributed by atoms with Crippen LogP contribution in [0.5, 0.6) is 0 Å². The monoisotopic (exact) mass is 782 g/mol.